The Morgan fingerprint density at radius 1 is 1.31 bits per heavy atom. The van der Waals surface area contributed by atoms with Crippen LogP contribution in [0.15, 0.2) is 36.8 Å². The SMILES string of the molecule is Cl.OCc1cncn1Cc1ccccc1F. The summed E-state index contributed by atoms with van der Waals surface area (Å²) >= 11 is 0. The monoisotopic (exact) mass is 242 g/mol. The quantitative estimate of drug-likeness (QED) is 0.894. The van der Waals surface area contributed by atoms with E-state index in [0.717, 1.165) is 0 Å². The van der Waals surface area contributed by atoms with E-state index in [1.54, 1.807) is 35.3 Å². The summed E-state index contributed by atoms with van der Waals surface area (Å²) in [7, 11) is 0. The van der Waals surface area contributed by atoms with Gasteiger partial charge in [0.2, 0.25) is 0 Å². The Morgan fingerprint density at radius 3 is 2.75 bits per heavy atom. The summed E-state index contributed by atoms with van der Waals surface area (Å²) < 4.78 is 15.0. The van der Waals surface area contributed by atoms with E-state index in [2.05, 4.69) is 4.98 Å². The summed E-state index contributed by atoms with van der Waals surface area (Å²) in [5.74, 6) is -0.241. The number of rotatable bonds is 3. The Labute approximate surface area is 99.0 Å². The molecule has 0 spiro atoms. The lowest BCUT2D eigenvalue weighted by Crippen LogP contribution is -2.04. The summed E-state index contributed by atoms with van der Waals surface area (Å²) in [5, 5.41) is 9.00. The molecule has 1 aromatic carbocycles. The molecule has 1 N–H and O–H groups in total. The number of aromatic nitrogens is 2. The third kappa shape index (κ3) is 2.59. The molecule has 0 atom stereocenters. The van der Waals surface area contributed by atoms with Gasteiger partial charge >= 0.3 is 0 Å². The van der Waals surface area contributed by atoms with Gasteiger partial charge in [0.05, 0.1) is 31.4 Å². The van der Waals surface area contributed by atoms with Gasteiger partial charge in [-0.3, -0.25) is 0 Å². The van der Waals surface area contributed by atoms with Crippen molar-refractivity contribution in [2.45, 2.75) is 13.2 Å². The highest BCUT2D eigenvalue weighted by molar-refractivity contribution is 5.85. The molecule has 0 saturated carbocycles. The number of hydrogen-bond donors (Lipinski definition) is 1. The van der Waals surface area contributed by atoms with E-state index in [0.29, 0.717) is 17.8 Å². The van der Waals surface area contributed by atoms with E-state index in [-0.39, 0.29) is 24.8 Å². The zero-order valence-corrected chi connectivity index (χ0v) is 9.32. The summed E-state index contributed by atoms with van der Waals surface area (Å²) in [6.45, 7) is 0.303. The fourth-order valence-corrected chi connectivity index (χ4v) is 1.43. The number of nitrogens with zero attached hydrogens (tertiary/aromatic N) is 2. The van der Waals surface area contributed by atoms with E-state index in [9.17, 15) is 4.39 Å². The van der Waals surface area contributed by atoms with Crippen molar-refractivity contribution >= 4 is 12.4 Å². The van der Waals surface area contributed by atoms with Crippen LogP contribution in [0.1, 0.15) is 11.3 Å². The second-order valence-corrected chi connectivity index (χ2v) is 3.26. The van der Waals surface area contributed by atoms with Crippen molar-refractivity contribution < 1.29 is 9.50 Å². The molecule has 0 fully saturated rings. The maximum absolute atomic E-state index is 13.3. The molecule has 0 aliphatic rings. The summed E-state index contributed by atoms with van der Waals surface area (Å²) in [4.78, 5) is 3.90. The second-order valence-electron chi connectivity index (χ2n) is 3.26. The molecule has 0 aliphatic heterocycles. The number of aliphatic hydroxyl groups excluding tert-OH is 1. The van der Waals surface area contributed by atoms with Crippen LogP contribution in [-0.4, -0.2) is 14.7 Å². The minimum absolute atomic E-state index is 0. The second kappa shape index (κ2) is 5.63. The molecule has 0 unspecified atom stereocenters. The van der Waals surface area contributed by atoms with Gasteiger partial charge < -0.3 is 9.67 Å². The molecule has 0 aliphatic carbocycles. The summed E-state index contributed by atoms with van der Waals surface area (Å²) in [6.07, 6.45) is 3.15. The van der Waals surface area contributed by atoms with Gasteiger partial charge in [0.15, 0.2) is 0 Å². The van der Waals surface area contributed by atoms with Crippen molar-refractivity contribution in [1.82, 2.24) is 9.55 Å². The maximum atomic E-state index is 13.3. The predicted octanol–water partition coefficient (Wildman–Crippen LogP) is 1.98. The first-order chi connectivity index (χ1) is 7.31. The molecule has 1 aromatic heterocycles. The van der Waals surface area contributed by atoms with Crippen LogP contribution in [-0.2, 0) is 13.2 Å². The van der Waals surface area contributed by atoms with Crippen molar-refractivity contribution in [2.75, 3.05) is 0 Å². The Balaban J connectivity index is 0.00000128. The predicted molar refractivity (Wildman–Crippen MR) is 60.9 cm³/mol. The zero-order chi connectivity index (χ0) is 10.7. The molecule has 0 radical (unpaired) electrons. The lowest BCUT2D eigenvalue weighted by atomic mass is 10.2. The van der Waals surface area contributed by atoms with Crippen LogP contribution in [0, 0.1) is 5.82 Å². The van der Waals surface area contributed by atoms with Crippen molar-refractivity contribution in [3.8, 4) is 0 Å². The van der Waals surface area contributed by atoms with Crippen LogP contribution in [0.4, 0.5) is 4.39 Å². The lowest BCUT2D eigenvalue weighted by molar-refractivity contribution is 0.271. The Kier molecular flexibility index (Phi) is 4.46. The Hall–Kier alpha value is -1.39. The largest absolute Gasteiger partial charge is 0.390 e. The maximum Gasteiger partial charge on any atom is 0.128 e. The lowest BCUT2D eigenvalue weighted by Gasteiger charge is -2.06. The van der Waals surface area contributed by atoms with Gasteiger partial charge in [-0.2, -0.15) is 0 Å². The normalized spacial score (nSPS) is 9.88. The van der Waals surface area contributed by atoms with E-state index in [4.69, 9.17) is 5.11 Å². The summed E-state index contributed by atoms with van der Waals surface area (Å²) in [5.41, 5.74) is 1.27. The molecule has 1 heterocycles. The Morgan fingerprint density at radius 2 is 2.06 bits per heavy atom. The van der Waals surface area contributed by atoms with E-state index in [1.165, 1.54) is 6.07 Å². The third-order valence-corrected chi connectivity index (χ3v) is 2.26. The first-order valence-corrected chi connectivity index (χ1v) is 4.64. The Bertz CT molecular complexity index is 459. The molecule has 86 valence electrons. The van der Waals surface area contributed by atoms with Crippen LogP contribution in [0.25, 0.3) is 0 Å². The molecule has 3 nitrogen and oxygen atoms in total. The molecular formula is C11H12ClFN2O. The van der Waals surface area contributed by atoms with Crippen molar-refractivity contribution in [3.63, 3.8) is 0 Å². The minimum Gasteiger partial charge on any atom is -0.390 e. The van der Waals surface area contributed by atoms with Gasteiger partial charge in [0.1, 0.15) is 5.82 Å². The molecule has 0 saturated heterocycles. The molecule has 0 amide bonds. The van der Waals surface area contributed by atoms with E-state index >= 15 is 0 Å². The van der Waals surface area contributed by atoms with Crippen LogP contribution < -0.4 is 0 Å². The number of halogens is 2. The highest BCUT2D eigenvalue weighted by atomic mass is 35.5. The van der Waals surface area contributed by atoms with Gasteiger partial charge in [0, 0.05) is 5.56 Å². The number of imidazole rings is 1. The standard InChI is InChI=1S/C11H11FN2O.ClH/c12-11-4-2-1-3-9(11)6-14-8-13-5-10(14)7-15;/h1-5,8,15H,6-7H2;1H. The molecule has 16 heavy (non-hydrogen) atoms. The zero-order valence-electron chi connectivity index (χ0n) is 8.51. The molecular weight excluding hydrogens is 231 g/mol. The number of hydrogen-bond acceptors (Lipinski definition) is 2. The van der Waals surface area contributed by atoms with Gasteiger partial charge in [-0.1, -0.05) is 18.2 Å². The van der Waals surface area contributed by atoms with Crippen molar-refractivity contribution in [3.05, 3.63) is 53.9 Å². The van der Waals surface area contributed by atoms with E-state index in [1.807, 2.05) is 0 Å². The molecule has 2 rings (SSSR count). The average molecular weight is 243 g/mol. The topological polar surface area (TPSA) is 38.1 Å². The van der Waals surface area contributed by atoms with Crippen molar-refractivity contribution in [1.29, 1.82) is 0 Å². The fraction of sp³-hybridized carbons (Fsp3) is 0.182. The van der Waals surface area contributed by atoms with Gasteiger partial charge in [-0.15, -0.1) is 12.4 Å². The van der Waals surface area contributed by atoms with Gasteiger partial charge in [-0.05, 0) is 6.07 Å². The highest BCUT2D eigenvalue weighted by Gasteiger charge is 2.04. The van der Waals surface area contributed by atoms with Crippen molar-refractivity contribution in [2.24, 2.45) is 0 Å². The smallest absolute Gasteiger partial charge is 0.128 e. The molecule has 5 heteroatoms. The van der Waals surface area contributed by atoms with E-state index < -0.39 is 0 Å². The summed E-state index contributed by atoms with van der Waals surface area (Å²) in [6, 6.07) is 6.58. The number of aliphatic hydroxyl groups is 1. The van der Waals surface area contributed by atoms with Crippen LogP contribution >= 0.6 is 12.4 Å². The minimum atomic E-state index is -0.241. The highest BCUT2D eigenvalue weighted by Crippen LogP contribution is 2.10. The first kappa shape index (κ1) is 12.7. The third-order valence-electron chi connectivity index (χ3n) is 2.26. The van der Waals surface area contributed by atoms with Gasteiger partial charge in [-0.25, -0.2) is 9.37 Å². The van der Waals surface area contributed by atoms with Crippen LogP contribution in [0.2, 0.25) is 0 Å². The molecule has 0 bridgehead atoms. The number of benzene rings is 1. The average Bonchev–Trinajstić information content (AvgIpc) is 2.69. The molecule has 2 aromatic rings. The fourth-order valence-electron chi connectivity index (χ4n) is 1.43. The van der Waals surface area contributed by atoms with Crippen LogP contribution in [0.3, 0.4) is 0 Å². The van der Waals surface area contributed by atoms with Gasteiger partial charge in [0.25, 0.3) is 0 Å². The first-order valence-electron chi connectivity index (χ1n) is 4.64. The van der Waals surface area contributed by atoms with Crippen LogP contribution in [0.5, 0.6) is 0 Å².